The molecule has 2 N–H and O–H groups in total. The van der Waals surface area contributed by atoms with Crippen LogP contribution in [0.5, 0.6) is 17.2 Å². The Bertz CT molecular complexity index is 3020. The maximum Gasteiger partial charge on any atom is 0.415 e. The minimum absolute atomic E-state index is 0.0219. The Hall–Kier alpha value is -5.99. The number of fused-ring (bicyclic) bond motifs is 9. The van der Waals surface area contributed by atoms with Crippen molar-refractivity contribution in [2.24, 2.45) is 22.7 Å². The first kappa shape index (κ1) is 59.7. The third-order valence-electron chi connectivity index (χ3n) is 17.0. The lowest BCUT2D eigenvalue weighted by molar-refractivity contribution is -0.125. The van der Waals surface area contributed by atoms with Crippen molar-refractivity contribution >= 4 is 110 Å². The maximum absolute atomic E-state index is 14.9. The summed E-state index contributed by atoms with van der Waals surface area (Å²) in [5.74, 6) is 6.90. The van der Waals surface area contributed by atoms with Crippen LogP contribution in [0.3, 0.4) is 0 Å². The van der Waals surface area contributed by atoms with Gasteiger partial charge in [0, 0.05) is 140 Å². The van der Waals surface area contributed by atoms with Gasteiger partial charge in [0.15, 0.2) is 0 Å². The van der Waals surface area contributed by atoms with E-state index in [1.807, 2.05) is 50.0 Å². The molecule has 0 unspecified atom stereocenters. The summed E-state index contributed by atoms with van der Waals surface area (Å²) in [6, 6.07) is 8.11. The van der Waals surface area contributed by atoms with Gasteiger partial charge in [-0.05, 0) is 49.2 Å². The van der Waals surface area contributed by atoms with E-state index >= 15 is 0 Å². The first-order valence-corrected chi connectivity index (χ1v) is 32.4. The summed E-state index contributed by atoms with van der Waals surface area (Å²) >= 11 is 10.7. The SMILES string of the molecule is NC[C@H]1OC(=O)N2c3cc(F)c(N4CCSCC4)cc3OC[C@H]12.O=C(CC[C@H]1OC(=O)N2c3cc(F)c(N4CCSCC4)cc3OC[C@H]12)C1CCC1.O=C(Cl)C1CCC1.[N-]=[N+]=NC[C@H]1OC(=O)N2c3cc(F)c(N4CCSCC4)cc3OC[C@H]12. The molecule has 3 aromatic rings. The molecular weight excluding hydrogens is 1180 g/mol. The predicted octanol–water partition coefficient (Wildman–Crippen LogP) is 9.37. The van der Waals surface area contributed by atoms with Gasteiger partial charge in [-0.3, -0.25) is 24.3 Å². The molecule has 0 spiro atoms. The molecule has 0 radical (unpaired) electrons. The number of amides is 3. The lowest BCUT2D eigenvalue weighted by atomic mass is 9.80. The summed E-state index contributed by atoms with van der Waals surface area (Å²) < 4.78 is 77.8. The highest BCUT2D eigenvalue weighted by atomic mass is 35.5. The van der Waals surface area contributed by atoms with Crippen LogP contribution in [0.15, 0.2) is 41.5 Å². The highest BCUT2D eigenvalue weighted by Crippen LogP contribution is 2.46. The van der Waals surface area contributed by atoms with Gasteiger partial charge < -0.3 is 48.9 Å². The molecule has 3 amide bonds. The van der Waals surface area contributed by atoms with Gasteiger partial charge in [0.2, 0.25) is 5.24 Å². The van der Waals surface area contributed by atoms with E-state index in [2.05, 4.69) is 10.0 Å². The minimum Gasteiger partial charge on any atom is -0.489 e. The summed E-state index contributed by atoms with van der Waals surface area (Å²) in [5, 5.41) is 3.32. The number of azide groups is 1. The largest absolute Gasteiger partial charge is 0.489 e. The van der Waals surface area contributed by atoms with Crippen LogP contribution in [-0.4, -0.2) is 172 Å². The quantitative estimate of drug-likeness (QED) is 0.0619. The van der Waals surface area contributed by atoms with Crippen LogP contribution in [0.2, 0.25) is 0 Å². The van der Waals surface area contributed by atoms with Crippen LogP contribution < -0.4 is 49.3 Å². The van der Waals surface area contributed by atoms with Gasteiger partial charge >= 0.3 is 18.3 Å². The number of anilines is 6. The fourth-order valence-corrected chi connectivity index (χ4v) is 14.8. The van der Waals surface area contributed by atoms with E-state index < -0.39 is 42.6 Å². The summed E-state index contributed by atoms with van der Waals surface area (Å²) in [6.45, 7) is 5.83. The number of carbonyl (C=O) groups excluding carboxylic acids is 5. The molecule has 11 aliphatic rings. The van der Waals surface area contributed by atoms with Crippen LogP contribution in [-0.2, 0) is 23.8 Å². The van der Waals surface area contributed by atoms with Crippen LogP contribution in [0.4, 0.5) is 61.7 Å². The number of cyclic esters (lactones) is 3. The molecule has 0 aromatic heterocycles. The molecule has 14 rings (SSSR count). The fourth-order valence-electron chi connectivity index (χ4n) is 11.8. The summed E-state index contributed by atoms with van der Waals surface area (Å²) in [7, 11) is 0. The molecule has 9 heterocycles. The Morgan fingerprint density at radius 3 is 1.29 bits per heavy atom. The fraction of sp³-hybridized carbons (Fsp3) is 0.589. The smallest absolute Gasteiger partial charge is 0.415 e. The molecule has 6 saturated heterocycles. The maximum atomic E-state index is 14.9. The number of hydrogen-bond acceptors (Lipinski definition) is 19. The normalized spacial score (nSPS) is 25.5. The van der Waals surface area contributed by atoms with Gasteiger partial charge in [0.25, 0.3) is 0 Å². The zero-order chi connectivity index (χ0) is 58.6. The van der Waals surface area contributed by atoms with Gasteiger partial charge in [-0.1, -0.05) is 18.0 Å². The number of benzene rings is 3. The Labute approximate surface area is 501 Å². The number of Topliss-reactive ketones (excluding diaryl/α,β-unsaturated/α-hetero) is 1. The van der Waals surface area contributed by atoms with Crippen LogP contribution in [0.25, 0.3) is 10.4 Å². The van der Waals surface area contributed by atoms with Crippen molar-refractivity contribution in [2.45, 2.75) is 87.8 Å². The molecule has 0 bridgehead atoms. The summed E-state index contributed by atoms with van der Waals surface area (Å²) in [5.41, 5.74) is 16.8. The number of nitrogens with two attached hydrogens (primary N) is 1. The lowest BCUT2D eigenvalue weighted by Crippen LogP contribution is -2.46. The minimum atomic E-state index is -0.599. The van der Waals surface area contributed by atoms with Gasteiger partial charge in [0.1, 0.15) is 96.7 Å². The molecule has 9 aliphatic heterocycles. The Balaban J connectivity index is 0.000000125. The topological polar surface area (TPSA) is 235 Å². The number of carbonyl (C=O) groups is 5. The van der Waals surface area contributed by atoms with E-state index in [0.29, 0.717) is 77.4 Å². The molecule has 2 saturated carbocycles. The number of hydrogen-bond donors (Lipinski definition) is 1. The van der Waals surface area contributed by atoms with Crippen LogP contribution >= 0.6 is 46.9 Å². The number of rotatable bonds is 11. The molecule has 84 heavy (non-hydrogen) atoms. The number of thioether (sulfide) groups is 3. The molecule has 6 atom stereocenters. The number of nitrogens with zero attached hydrogens (tertiary/aromatic N) is 9. The van der Waals surface area contributed by atoms with Gasteiger partial charge in [-0.2, -0.15) is 35.3 Å². The molecule has 21 nitrogen and oxygen atoms in total. The monoisotopic (exact) mass is 1240 g/mol. The average Bonchev–Trinajstić information content (AvgIpc) is 2.33. The van der Waals surface area contributed by atoms with E-state index in [1.165, 1.54) is 39.3 Å². The highest BCUT2D eigenvalue weighted by Gasteiger charge is 2.50. The van der Waals surface area contributed by atoms with Crippen molar-refractivity contribution in [3.63, 3.8) is 0 Å². The van der Waals surface area contributed by atoms with Crippen molar-refractivity contribution < 1.29 is 65.6 Å². The van der Waals surface area contributed by atoms with Gasteiger partial charge in [0.05, 0.1) is 40.7 Å². The molecular formula is C56H66ClF3N10O11S3. The van der Waals surface area contributed by atoms with Gasteiger partial charge in [-0.15, -0.1) is 0 Å². The van der Waals surface area contributed by atoms with E-state index in [9.17, 15) is 37.1 Å². The van der Waals surface area contributed by atoms with Gasteiger partial charge in [-0.25, -0.2) is 27.6 Å². The molecule has 2 aliphatic carbocycles. The zero-order valence-corrected chi connectivity index (χ0v) is 49.3. The summed E-state index contributed by atoms with van der Waals surface area (Å²) in [4.78, 5) is 72.4. The third-order valence-corrected chi connectivity index (χ3v) is 20.1. The van der Waals surface area contributed by atoms with Crippen molar-refractivity contribution in [1.29, 1.82) is 0 Å². The Morgan fingerprint density at radius 2 is 0.940 bits per heavy atom. The molecule has 3 aromatic carbocycles. The second kappa shape index (κ2) is 26.7. The van der Waals surface area contributed by atoms with E-state index in [-0.39, 0.29) is 72.1 Å². The Morgan fingerprint density at radius 1 is 0.571 bits per heavy atom. The van der Waals surface area contributed by atoms with Crippen LogP contribution in [0, 0.1) is 29.3 Å². The van der Waals surface area contributed by atoms with E-state index in [0.717, 1.165) is 106 Å². The molecule has 28 heteroatoms. The number of ether oxygens (including phenoxy) is 6. The second-order valence-electron chi connectivity index (χ2n) is 21.8. The lowest BCUT2D eigenvalue weighted by Gasteiger charge is -2.34. The van der Waals surface area contributed by atoms with Crippen molar-refractivity contribution in [2.75, 3.05) is 136 Å². The van der Waals surface area contributed by atoms with Crippen molar-refractivity contribution in [3.8, 4) is 17.2 Å². The number of ketones is 1. The average molecular weight is 1240 g/mol. The third kappa shape index (κ3) is 12.6. The molecule has 8 fully saturated rings. The highest BCUT2D eigenvalue weighted by molar-refractivity contribution is 7.99. The predicted molar refractivity (Wildman–Crippen MR) is 317 cm³/mol. The number of halogens is 4. The first-order valence-electron chi connectivity index (χ1n) is 28.6. The van der Waals surface area contributed by atoms with Crippen molar-refractivity contribution in [1.82, 2.24) is 0 Å². The first-order chi connectivity index (χ1) is 40.8. The zero-order valence-electron chi connectivity index (χ0n) is 46.1. The second-order valence-corrected chi connectivity index (χ2v) is 25.9. The van der Waals surface area contributed by atoms with Crippen LogP contribution in [0.1, 0.15) is 51.4 Å². The Kier molecular flexibility index (Phi) is 19.0. The summed E-state index contributed by atoms with van der Waals surface area (Å²) in [6.07, 6.45) is 4.24. The molecule has 452 valence electrons. The standard InChI is InChI=1S/C21H25FN2O4S.C15H16FN5O3S.C15H18FN3O3S.C5H7ClO/c22-14-10-16-20(11-15(14)23-6-8-29-9-7-23)27-12-17-19(28-21(26)24(16)17)5-4-18(25)13-2-1-3-13;16-9-5-11-13(6-10(9)20-1-3-25-4-2-20)23-8-12-14(7-18-19-17)24-15(22)21(11)12;16-9-5-11-13(6-10(9)18-1-3-23-4-2-18)21-8-12-14(7-17)22-15(20)19(11)12;6-5(7)4-2-1-3-4/h10-11,13,17,19H,1-9,12H2;5-6,12,14H,1-4,7-8H2;5-6,12,14H,1-4,7-8,17H2;4H,1-3H2/t17-,19-;2*12-,14-;/m111./s1. The van der Waals surface area contributed by atoms with E-state index in [4.69, 9.17) is 51.3 Å². The van der Waals surface area contributed by atoms with E-state index in [1.54, 1.807) is 18.2 Å². The van der Waals surface area contributed by atoms with Crippen molar-refractivity contribution in [3.05, 3.63) is 64.3 Å².